The van der Waals surface area contributed by atoms with Crippen LogP contribution in [-0.2, 0) is 0 Å². The van der Waals surface area contributed by atoms with Crippen LogP contribution in [0, 0.1) is 11.6 Å². The highest BCUT2D eigenvalue weighted by Gasteiger charge is 2.14. The van der Waals surface area contributed by atoms with Crippen LogP contribution in [-0.4, -0.2) is 4.98 Å². The molecule has 0 spiro atoms. The number of nitrogens with zero attached hydrogens (tertiary/aromatic N) is 1. The summed E-state index contributed by atoms with van der Waals surface area (Å²) < 4.78 is 26.5. The summed E-state index contributed by atoms with van der Waals surface area (Å²) in [5.74, 6) is -1.09. The van der Waals surface area contributed by atoms with Crippen LogP contribution in [0.4, 0.5) is 8.78 Å². The smallest absolute Gasteiger partial charge is 0.130 e. The highest BCUT2D eigenvalue weighted by Crippen LogP contribution is 2.21. The lowest BCUT2D eigenvalue weighted by molar-refractivity contribution is 0.470. The second-order valence-corrected chi connectivity index (χ2v) is 4.56. The number of rotatable bonds is 4. The molecule has 1 unspecified atom stereocenters. The van der Waals surface area contributed by atoms with Crippen molar-refractivity contribution in [3.63, 3.8) is 0 Å². The van der Waals surface area contributed by atoms with E-state index in [9.17, 15) is 8.78 Å². The average molecular weight is 262 g/mol. The van der Waals surface area contributed by atoms with Crippen LogP contribution in [0.15, 0.2) is 42.7 Å². The monoisotopic (exact) mass is 262 g/mol. The summed E-state index contributed by atoms with van der Waals surface area (Å²) in [6.07, 6.45) is 3.44. The van der Waals surface area contributed by atoms with E-state index in [0.29, 0.717) is 5.56 Å². The highest BCUT2D eigenvalue weighted by atomic mass is 19.1. The van der Waals surface area contributed by atoms with Crippen molar-refractivity contribution in [3.8, 4) is 0 Å². The van der Waals surface area contributed by atoms with Gasteiger partial charge in [-0.15, -0.1) is 0 Å². The molecular formula is C15H16F2N2. The largest absolute Gasteiger partial charge is 0.304 e. The second-order valence-electron chi connectivity index (χ2n) is 4.56. The maximum atomic E-state index is 13.7. The molecule has 0 saturated carbocycles. The first-order valence-electron chi connectivity index (χ1n) is 6.19. The molecule has 0 fully saturated rings. The van der Waals surface area contributed by atoms with Gasteiger partial charge in [0.15, 0.2) is 0 Å². The van der Waals surface area contributed by atoms with Gasteiger partial charge in [0.25, 0.3) is 0 Å². The summed E-state index contributed by atoms with van der Waals surface area (Å²) in [5, 5.41) is 3.28. The predicted octanol–water partition coefficient (Wildman–Crippen LogP) is 3.77. The van der Waals surface area contributed by atoms with Gasteiger partial charge in [-0.1, -0.05) is 6.07 Å². The van der Waals surface area contributed by atoms with Crippen molar-refractivity contribution < 1.29 is 8.78 Å². The molecule has 0 aliphatic heterocycles. The van der Waals surface area contributed by atoms with E-state index in [4.69, 9.17) is 0 Å². The van der Waals surface area contributed by atoms with E-state index in [1.54, 1.807) is 12.4 Å². The number of hydrogen-bond acceptors (Lipinski definition) is 2. The van der Waals surface area contributed by atoms with E-state index < -0.39 is 11.6 Å². The van der Waals surface area contributed by atoms with Crippen molar-refractivity contribution in [1.29, 1.82) is 0 Å². The first-order chi connectivity index (χ1) is 9.08. The first-order valence-corrected chi connectivity index (χ1v) is 6.19. The van der Waals surface area contributed by atoms with Crippen LogP contribution < -0.4 is 5.32 Å². The molecule has 4 heteroatoms. The Kier molecular flexibility index (Phi) is 4.22. The minimum Gasteiger partial charge on any atom is -0.304 e. The summed E-state index contributed by atoms with van der Waals surface area (Å²) in [4.78, 5) is 3.96. The molecule has 1 heterocycles. The molecule has 100 valence electrons. The third-order valence-corrected chi connectivity index (χ3v) is 3.14. The molecule has 2 atom stereocenters. The molecule has 1 N–H and O–H groups in total. The lowest BCUT2D eigenvalue weighted by Crippen LogP contribution is -2.23. The fourth-order valence-electron chi connectivity index (χ4n) is 2.07. The average Bonchev–Trinajstić information content (AvgIpc) is 2.39. The van der Waals surface area contributed by atoms with Crippen LogP contribution in [0.5, 0.6) is 0 Å². The van der Waals surface area contributed by atoms with Crippen molar-refractivity contribution in [3.05, 3.63) is 65.5 Å². The molecule has 1 aromatic heterocycles. The molecule has 2 nitrogen and oxygen atoms in total. The fourth-order valence-corrected chi connectivity index (χ4v) is 2.07. The summed E-state index contributed by atoms with van der Waals surface area (Å²) in [5.41, 5.74) is 1.53. The Morgan fingerprint density at radius 1 is 1.00 bits per heavy atom. The van der Waals surface area contributed by atoms with Crippen LogP contribution >= 0.6 is 0 Å². The molecule has 0 bridgehead atoms. The Morgan fingerprint density at radius 3 is 2.32 bits per heavy atom. The Bertz CT molecular complexity index is 543. The molecule has 0 aliphatic rings. The molecular weight excluding hydrogens is 246 g/mol. The van der Waals surface area contributed by atoms with Gasteiger partial charge in [-0.2, -0.15) is 0 Å². The predicted molar refractivity (Wildman–Crippen MR) is 70.6 cm³/mol. The molecule has 2 rings (SSSR count). The Hall–Kier alpha value is -1.81. The lowest BCUT2D eigenvalue weighted by Gasteiger charge is -2.21. The van der Waals surface area contributed by atoms with E-state index in [1.165, 1.54) is 12.1 Å². The Labute approximate surface area is 111 Å². The zero-order chi connectivity index (χ0) is 13.8. The van der Waals surface area contributed by atoms with Gasteiger partial charge in [0, 0.05) is 36.1 Å². The molecule has 1 aromatic carbocycles. The van der Waals surface area contributed by atoms with Crippen molar-refractivity contribution in [2.24, 2.45) is 0 Å². The van der Waals surface area contributed by atoms with Crippen LogP contribution in [0.3, 0.4) is 0 Å². The van der Waals surface area contributed by atoms with Gasteiger partial charge in [0.1, 0.15) is 11.6 Å². The number of halogens is 2. The van der Waals surface area contributed by atoms with Gasteiger partial charge in [0.2, 0.25) is 0 Å². The van der Waals surface area contributed by atoms with E-state index in [1.807, 2.05) is 26.0 Å². The first kappa shape index (κ1) is 13.6. The van der Waals surface area contributed by atoms with Crippen molar-refractivity contribution >= 4 is 0 Å². The summed E-state index contributed by atoms with van der Waals surface area (Å²) in [6.45, 7) is 3.85. The van der Waals surface area contributed by atoms with Crippen molar-refractivity contribution in [1.82, 2.24) is 10.3 Å². The third-order valence-electron chi connectivity index (χ3n) is 3.14. The molecule has 0 radical (unpaired) electrons. The number of nitrogens with one attached hydrogen (secondary N) is 1. The SMILES string of the molecule is CC(N[C@@H](C)c1ccncc1)c1ccc(F)cc1F. The van der Waals surface area contributed by atoms with Gasteiger partial charge in [-0.25, -0.2) is 8.78 Å². The molecule has 2 aromatic rings. The summed E-state index contributed by atoms with van der Waals surface area (Å²) in [6, 6.07) is 7.32. The number of hydrogen-bond donors (Lipinski definition) is 1. The van der Waals surface area contributed by atoms with Crippen molar-refractivity contribution in [2.75, 3.05) is 0 Å². The van der Waals surface area contributed by atoms with E-state index in [0.717, 1.165) is 11.6 Å². The summed E-state index contributed by atoms with van der Waals surface area (Å²) >= 11 is 0. The van der Waals surface area contributed by atoms with Crippen LogP contribution in [0.1, 0.15) is 37.1 Å². The minimum absolute atomic E-state index is 0.0578. The van der Waals surface area contributed by atoms with Gasteiger partial charge in [0.05, 0.1) is 0 Å². The fraction of sp³-hybridized carbons (Fsp3) is 0.267. The number of pyridine rings is 1. The standard InChI is InChI=1S/C15H16F2N2/c1-10(12-5-7-18-8-6-12)19-11(2)14-4-3-13(16)9-15(14)17/h3-11,19H,1-2H3/t10-,11?/m0/s1. The molecule has 0 aliphatic carbocycles. The van der Waals surface area contributed by atoms with Crippen LogP contribution in [0.25, 0.3) is 0 Å². The zero-order valence-corrected chi connectivity index (χ0v) is 10.9. The quantitative estimate of drug-likeness (QED) is 0.907. The van der Waals surface area contributed by atoms with Gasteiger partial charge in [-0.3, -0.25) is 4.98 Å². The topological polar surface area (TPSA) is 24.9 Å². The Balaban J connectivity index is 2.10. The molecule has 19 heavy (non-hydrogen) atoms. The van der Waals surface area contributed by atoms with Gasteiger partial charge >= 0.3 is 0 Å². The zero-order valence-electron chi connectivity index (χ0n) is 10.9. The van der Waals surface area contributed by atoms with E-state index in [2.05, 4.69) is 10.3 Å². The van der Waals surface area contributed by atoms with E-state index >= 15 is 0 Å². The second kappa shape index (κ2) is 5.89. The normalized spacial score (nSPS) is 14.1. The maximum absolute atomic E-state index is 13.7. The van der Waals surface area contributed by atoms with Gasteiger partial charge in [-0.05, 0) is 37.6 Å². The van der Waals surface area contributed by atoms with Crippen molar-refractivity contribution in [2.45, 2.75) is 25.9 Å². The highest BCUT2D eigenvalue weighted by molar-refractivity contribution is 5.23. The van der Waals surface area contributed by atoms with E-state index in [-0.39, 0.29) is 12.1 Å². The third kappa shape index (κ3) is 3.35. The Morgan fingerprint density at radius 2 is 1.68 bits per heavy atom. The van der Waals surface area contributed by atoms with Gasteiger partial charge < -0.3 is 5.32 Å². The maximum Gasteiger partial charge on any atom is 0.130 e. The molecule has 0 amide bonds. The summed E-state index contributed by atoms with van der Waals surface area (Å²) in [7, 11) is 0. The molecule has 0 saturated heterocycles. The number of aromatic nitrogens is 1. The lowest BCUT2D eigenvalue weighted by atomic mass is 10.0. The minimum atomic E-state index is -0.560. The number of benzene rings is 1. The van der Waals surface area contributed by atoms with Crippen LogP contribution in [0.2, 0.25) is 0 Å².